The first-order chi connectivity index (χ1) is 11.6. The number of aromatic nitrogens is 1. The van der Waals surface area contributed by atoms with Gasteiger partial charge in [-0.25, -0.2) is 4.98 Å². The molecule has 1 atom stereocenters. The number of ketones is 1. The number of hydrogen-bond acceptors (Lipinski definition) is 4. The first kappa shape index (κ1) is 16.9. The minimum absolute atomic E-state index is 0.230. The van der Waals surface area contributed by atoms with Crippen LogP contribution >= 0.6 is 0 Å². The number of hydrogen-bond donors (Lipinski definition) is 0. The summed E-state index contributed by atoms with van der Waals surface area (Å²) in [4.78, 5) is 15.4. The molecule has 3 rings (SSSR count). The van der Waals surface area contributed by atoms with E-state index >= 15 is 0 Å². The number of pyridine rings is 1. The van der Waals surface area contributed by atoms with Crippen molar-refractivity contribution in [3.05, 3.63) is 36.5 Å². The van der Waals surface area contributed by atoms with Crippen LogP contribution in [0.25, 0.3) is 10.8 Å². The van der Waals surface area contributed by atoms with Crippen molar-refractivity contribution in [2.75, 3.05) is 13.2 Å². The molecule has 4 nitrogen and oxygen atoms in total. The third-order valence-electron chi connectivity index (χ3n) is 4.54. The fourth-order valence-electron chi connectivity index (χ4n) is 3.20. The zero-order valence-corrected chi connectivity index (χ0v) is 14.4. The summed E-state index contributed by atoms with van der Waals surface area (Å²) >= 11 is 0. The van der Waals surface area contributed by atoms with E-state index in [1.54, 1.807) is 13.1 Å². The summed E-state index contributed by atoms with van der Waals surface area (Å²) in [7, 11) is 0. The molecule has 0 aliphatic heterocycles. The lowest BCUT2D eigenvalue weighted by Gasteiger charge is -2.35. The van der Waals surface area contributed by atoms with E-state index in [1.165, 1.54) is 0 Å². The van der Waals surface area contributed by atoms with Gasteiger partial charge >= 0.3 is 0 Å². The highest BCUT2D eigenvalue weighted by molar-refractivity contribution is 5.86. The van der Waals surface area contributed by atoms with Crippen molar-refractivity contribution in [3.8, 4) is 5.88 Å². The molecule has 0 bridgehead atoms. The molecule has 0 saturated heterocycles. The Morgan fingerprint density at radius 3 is 2.88 bits per heavy atom. The molecule has 1 aliphatic carbocycles. The molecule has 1 saturated carbocycles. The fraction of sp³-hybridized carbons (Fsp3) is 0.500. The van der Waals surface area contributed by atoms with E-state index in [2.05, 4.69) is 18.0 Å². The van der Waals surface area contributed by atoms with Gasteiger partial charge in [-0.2, -0.15) is 0 Å². The van der Waals surface area contributed by atoms with E-state index in [1.807, 2.05) is 24.3 Å². The Labute approximate surface area is 143 Å². The van der Waals surface area contributed by atoms with Gasteiger partial charge in [0.1, 0.15) is 5.78 Å². The third kappa shape index (κ3) is 4.32. The van der Waals surface area contributed by atoms with Crippen LogP contribution < -0.4 is 4.74 Å². The molecule has 1 fully saturated rings. The Kier molecular flexibility index (Phi) is 5.46. The van der Waals surface area contributed by atoms with Crippen LogP contribution in [0.3, 0.4) is 0 Å². The van der Waals surface area contributed by atoms with Gasteiger partial charge in [0.05, 0.1) is 12.7 Å². The van der Waals surface area contributed by atoms with Crippen molar-refractivity contribution in [1.82, 2.24) is 4.98 Å². The zero-order valence-electron chi connectivity index (χ0n) is 14.4. The van der Waals surface area contributed by atoms with Gasteiger partial charge in [-0.3, -0.25) is 0 Å². The second-order valence-corrected chi connectivity index (χ2v) is 6.95. The molecule has 1 aromatic carbocycles. The minimum Gasteiger partial charge on any atom is -0.477 e. The van der Waals surface area contributed by atoms with Gasteiger partial charge in [0.15, 0.2) is 0 Å². The quantitative estimate of drug-likeness (QED) is 0.734. The van der Waals surface area contributed by atoms with E-state index in [0.717, 1.165) is 23.6 Å². The SMILES string of the molecule is CC(=O)C[C@@H](C)COC1CC(COc2nccc3ccccc23)C1. The standard InChI is InChI=1S/C20H25NO3/c1-14(9-15(2)22)12-23-18-10-16(11-18)13-24-20-19-6-4-3-5-17(19)7-8-21-20/h3-8,14,16,18H,9-13H2,1-2H3/t14-,16?,18?/m1/s1. The summed E-state index contributed by atoms with van der Waals surface area (Å²) in [5.74, 6) is 1.78. The van der Waals surface area contributed by atoms with E-state index in [0.29, 0.717) is 43.5 Å². The van der Waals surface area contributed by atoms with Crippen LogP contribution in [0.4, 0.5) is 0 Å². The van der Waals surface area contributed by atoms with Gasteiger partial charge in [-0.15, -0.1) is 0 Å². The van der Waals surface area contributed by atoms with Gasteiger partial charge in [-0.05, 0) is 49.1 Å². The second kappa shape index (κ2) is 7.75. The molecule has 0 amide bonds. The number of carbonyl (C=O) groups is 1. The highest BCUT2D eigenvalue weighted by Crippen LogP contribution is 2.32. The Bertz CT molecular complexity index is 689. The summed E-state index contributed by atoms with van der Waals surface area (Å²) in [6.45, 7) is 5.05. The average Bonchev–Trinajstić information content (AvgIpc) is 2.52. The van der Waals surface area contributed by atoms with E-state index in [4.69, 9.17) is 9.47 Å². The molecule has 24 heavy (non-hydrogen) atoms. The Morgan fingerprint density at radius 1 is 1.29 bits per heavy atom. The van der Waals surface area contributed by atoms with Crippen LogP contribution in [0.2, 0.25) is 0 Å². The van der Waals surface area contributed by atoms with Crippen LogP contribution in [0, 0.1) is 11.8 Å². The number of benzene rings is 1. The van der Waals surface area contributed by atoms with Gasteiger partial charge in [0.2, 0.25) is 5.88 Å². The van der Waals surface area contributed by atoms with E-state index < -0.39 is 0 Å². The maximum atomic E-state index is 11.1. The van der Waals surface area contributed by atoms with Crippen LogP contribution in [0.1, 0.15) is 33.1 Å². The molecular weight excluding hydrogens is 302 g/mol. The van der Waals surface area contributed by atoms with Crippen molar-refractivity contribution in [2.45, 2.75) is 39.2 Å². The lowest BCUT2D eigenvalue weighted by Crippen LogP contribution is -2.36. The minimum atomic E-state index is 0.230. The molecule has 1 aromatic heterocycles. The normalized spacial score (nSPS) is 21.2. The largest absolute Gasteiger partial charge is 0.477 e. The topological polar surface area (TPSA) is 48.4 Å². The molecule has 0 radical (unpaired) electrons. The van der Waals surface area contributed by atoms with Crippen molar-refractivity contribution in [2.24, 2.45) is 11.8 Å². The van der Waals surface area contributed by atoms with E-state index in [9.17, 15) is 4.79 Å². The van der Waals surface area contributed by atoms with Crippen LogP contribution in [-0.2, 0) is 9.53 Å². The number of nitrogens with zero attached hydrogens (tertiary/aromatic N) is 1. The molecule has 1 heterocycles. The van der Waals surface area contributed by atoms with Crippen molar-refractivity contribution < 1.29 is 14.3 Å². The lowest BCUT2D eigenvalue weighted by molar-refractivity contribution is -0.119. The maximum absolute atomic E-state index is 11.1. The number of ether oxygens (including phenoxy) is 2. The monoisotopic (exact) mass is 327 g/mol. The molecule has 1 aliphatic rings. The Balaban J connectivity index is 1.41. The summed E-state index contributed by atoms with van der Waals surface area (Å²) in [6.07, 6.45) is 4.76. The van der Waals surface area contributed by atoms with Crippen LogP contribution in [-0.4, -0.2) is 30.1 Å². The highest BCUT2D eigenvalue weighted by Gasteiger charge is 2.31. The first-order valence-electron chi connectivity index (χ1n) is 8.69. The molecule has 0 unspecified atom stereocenters. The van der Waals surface area contributed by atoms with Gasteiger partial charge < -0.3 is 14.3 Å². The molecule has 128 valence electrons. The van der Waals surface area contributed by atoms with Crippen molar-refractivity contribution >= 4 is 16.6 Å². The van der Waals surface area contributed by atoms with Crippen LogP contribution in [0.15, 0.2) is 36.5 Å². The van der Waals surface area contributed by atoms with Crippen molar-refractivity contribution in [1.29, 1.82) is 0 Å². The summed E-state index contributed by atoms with van der Waals surface area (Å²) in [5.41, 5.74) is 0. The fourth-order valence-corrected chi connectivity index (χ4v) is 3.20. The number of rotatable bonds is 8. The van der Waals surface area contributed by atoms with Gasteiger partial charge in [0, 0.05) is 24.6 Å². The van der Waals surface area contributed by atoms with Gasteiger partial charge in [0.25, 0.3) is 0 Å². The second-order valence-electron chi connectivity index (χ2n) is 6.95. The first-order valence-corrected chi connectivity index (χ1v) is 8.69. The zero-order chi connectivity index (χ0) is 16.9. The summed E-state index contributed by atoms with van der Waals surface area (Å²) in [5, 5.41) is 2.21. The molecule has 2 aromatic rings. The van der Waals surface area contributed by atoms with Crippen LogP contribution in [0.5, 0.6) is 5.88 Å². The molecule has 0 spiro atoms. The predicted molar refractivity (Wildman–Crippen MR) is 94.2 cm³/mol. The Hall–Kier alpha value is -1.94. The molecule has 4 heteroatoms. The molecule has 0 N–H and O–H groups in total. The number of carbonyl (C=O) groups excluding carboxylic acids is 1. The highest BCUT2D eigenvalue weighted by atomic mass is 16.5. The lowest BCUT2D eigenvalue weighted by atomic mass is 9.83. The number of fused-ring (bicyclic) bond motifs is 1. The Morgan fingerprint density at radius 2 is 2.08 bits per heavy atom. The predicted octanol–water partition coefficient (Wildman–Crippen LogP) is 4.02. The molecular formula is C20H25NO3. The summed E-state index contributed by atoms with van der Waals surface area (Å²) in [6, 6.07) is 10.1. The smallest absolute Gasteiger partial charge is 0.221 e. The van der Waals surface area contributed by atoms with E-state index in [-0.39, 0.29) is 5.78 Å². The van der Waals surface area contributed by atoms with Gasteiger partial charge in [-0.1, -0.05) is 25.1 Å². The summed E-state index contributed by atoms with van der Waals surface area (Å²) < 4.78 is 11.8. The maximum Gasteiger partial charge on any atom is 0.221 e. The average molecular weight is 327 g/mol. The third-order valence-corrected chi connectivity index (χ3v) is 4.54. The number of Topliss-reactive ketones (excluding diaryl/α,β-unsaturated/α-hetero) is 1. The van der Waals surface area contributed by atoms with Crippen molar-refractivity contribution in [3.63, 3.8) is 0 Å².